The molecule has 1 amide bonds. The standard InChI is InChI=1S/C28H24N6O/c1-18-5-10-25-24(15-18)26(12-14-30-25)33-20-8-6-19(7-9-20)28(35)34-22-4-2-3-21(16-22)32-23-11-13-31-27(29)17-23/h2-17H,1H3,(H,30,33)(H,34,35)(H3,29,31,32). The number of nitrogen functional groups attached to an aromatic ring is 1. The van der Waals surface area contributed by atoms with Gasteiger partial charge in [0.1, 0.15) is 5.82 Å². The van der Waals surface area contributed by atoms with E-state index in [0.29, 0.717) is 17.1 Å². The van der Waals surface area contributed by atoms with Gasteiger partial charge in [-0.25, -0.2) is 4.98 Å². The van der Waals surface area contributed by atoms with Crippen molar-refractivity contribution in [2.75, 3.05) is 21.7 Å². The van der Waals surface area contributed by atoms with Crippen molar-refractivity contribution in [3.8, 4) is 0 Å². The molecule has 0 atom stereocenters. The molecule has 0 saturated carbocycles. The van der Waals surface area contributed by atoms with Gasteiger partial charge in [-0.15, -0.1) is 0 Å². The van der Waals surface area contributed by atoms with E-state index >= 15 is 0 Å². The molecule has 3 aromatic carbocycles. The van der Waals surface area contributed by atoms with Crippen LogP contribution in [0.2, 0.25) is 0 Å². The number of aromatic nitrogens is 2. The van der Waals surface area contributed by atoms with Gasteiger partial charge in [-0.2, -0.15) is 0 Å². The van der Waals surface area contributed by atoms with Crippen LogP contribution in [-0.2, 0) is 0 Å². The molecule has 0 fully saturated rings. The zero-order valence-electron chi connectivity index (χ0n) is 19.1. The Bertz CT molecular complexity index is 1510. The Morgan fingerprint density at radius 2 is 1.51 bits per heavy atom. The highest BCUT2D eigenvalue weighted by Gasteiger charge is 2.08. The van der Waals surface area contributed by atoms with Gasteiger partial charge in [-0.05, 0) is 73.7 Å². The smallest absolute Gasteiger partial charge is 0.255 e. The van der Waals surface area contributed by atoms with Gasteiger partial charge in [-0.3, -0.25) is 9.78 Å². The van der Waals surface area contributed by atoms with Crippen molar-refractivity contribution in [1.82, 2.24) is 9.97 Å². The SMILES string of the molecule is Cc1ccc2nccc(Nc3ccc(C(=O)Nc4cccc(Nc5ccnc(N)c5)c4)cc3)c2c1. The highest BCUT2D eigenvalue weighted by molar-refractivity contribution is 6.04. The summed E-state index contributed by atoms with van der Waals surface area (Å²) in [6.45, 7) is 2.06. The molecule has 2 aromatic heterocycles. The molecule has 0 bridgehead atoms. The molecule has 0 aliphatic rings. The van der Waals surface area contributed by atoms with E-state index in [1.807, 2.05) is 60.7 Å². The Balaban J connectivity index is 1.27. The summed E-state index contributed by atoms with van der Waals surface area (Å²) < 4.78 is 0. The number of aryl methyl sites for hydroxylation is 1. The average Bonchev–Trinajstić information content (AvgIpc) is 2.85. The van der Waals surface area contributed by atoms with Gasteiger partial charge < -0.3 is 21.7 Å². The van der Waals surface area contributed by atoms with E-state index in [2.05, 4.69) is 38.9 Å². The maximum atomic E-state index is 12.8. The number of carbonyl (C=O) groups is 1. The van der Waals surface area contributed by atoms with Gasteiger partial charge >= 0.3 is 0 Å². The maximum Gasteiger partial charge on any atom is 0.255 e. The minimum Gasteiger partial charge on any atom is -0.384 e. The predicted octanol–water partition coefficient (Wildman–Crippen LogP) is 6.26. The van der Waals surface area contributed by atoms with Crippen LogP contribution in [0.4, 0.5) is 34.3 Å². The van der Waals surface area contributed by atoms with Crippen molar-refractivity contribution in [1.29, 1.82) is 0 Å². The van der Waals surface area contributed by atoms with Crippen LogP contribution in [0.5, 0.6) is 0 Å². The average molecular weight is 461 g/mol. The molecule has 0 spiro atoms. The largest absolute Gasteiger partial charge is 0.384 e. The minimum absolute atomic E-state index is 0.188. The second-order valence-corrected chi connectivity index (χ2v) is 8.21. The first-order valence-electron chi connectivity index (χ1n) is 11.2. The molecule has 0 aliphatic heterocycles. The summed E-state index contributed by atoms with van der Waals surface area (Å²) >= 11 is 0. The van der Waals surface area contributed by atoms with Crippen molar-refractivity contribution in [3.63, 3.8) is 0 Å². The van der Waals surface area contributed by atoms with Gasteiger partial charge in [0.15, 0.2) is 0 Å². The van der Waals surface area contributed by atoms with Gasteiger partial charge in [0.05, 0.1) is 5.52 Å². The van der Waals surface area contributed by atoms with Crippen LogP contribution < -0.4 is 21.7 Å². The maximum absolute atomic E-state index is 12.8. The summed E-state index contributed by atoms with van der Waals surface area (Å²) in [6, 6.07) is 26.6. The number of benzene rings is 3. The number of nitrogens with two attached hydrogens (primary N) is 1. The number of anilines is 6. The quantitative estimate of drug-likeness (QED) is 0.238. The van der Waals surface area contributed by atoms with Crippen LogP contribution in [0.1, 0.15) is 15.9 Å². The van der Waals surface area contributed by atoms with Crippen LogP contribution in [-0.4, -0.2) is 15.9 Å². The predicted molar refractivity (Wildman–Crippen MR) is 143 cm³/mol. The lowest BCUT2D eigenvalue weighted by molar-refractivity contribution is 0.102. The van der Waals surface area contributed by atoms with Crippen LogP contribution in [0, 0.1) is 6.92 Å². The number of nitrogens with zero attached hydrogens (tertiary/aromatic N) is 2. The fourth-order valence-corrected chi connectivity index (χ4v) is 3.80. The Kier molecular flexibility index (Phi) is 5.96. The van der Waals surface area contributed by atoms with Crippen molar-refractivity contribution >= 4 is 51.1 Å². The molecule has 0 unspecified atom stereocenters. The molecule has 7 nitrogen and oxygen atoms in total. The molecule has 0 saturated heterocycles. The molecule has 35 heavy (non-hydrogen) atoms. The van der Waals surface area contributed by atoms with E-state index in [1.165, 1.54) is 5.56 Å². The first-order valence-corrected chi connectivity index (χ1v) is 11.2. The normalized spacial score (nSPS) is 10.7. The first-order chi connectivity index (χ1) is 17.0. The van der Waals surface area contributed by atoms with Crippen molar-refractivity contribution < 1.29 is 4.79 Å². The van der Waals surface area contributed by atoms with Crippen molar-refractivity contribution in [2.24, 2.45) is 0 Å². The summed E-state index contributed by atoms with van der Waals surface area (Å²) in [5.74, 6) is 0.247. The fraction of sp³-hybridized carbons (Fsp3) is 0.0357. The van der Waals surface area contributed by atoms with Gasteiger partial charge in [0.25, 0.3) is 5.91 Å². The van der Waals surface area contributed by atoms with E-state index in [-0.39, 0.29) is 5.91 Å². The Morgan fingerprint density at radius 1 is 0.743 bits per heavy atom. The van der Waals surface area contributed by atoms with E-state index in [0.717, 1.165) is 33.7 Å². The highest BCUT2D eigenvalue weighted by Crippen LogP contribution is 2.26. The topological polar surface area (TPSA) is 105 Å². The number of amides is 1. The first kappa shape index (κ1) is 21.9. The second kappa shape index (κ2) is 9.52. The Hall–Kier alpha value is -4.91. The van der Waals surface area contributed by atoms with Crippen molar-refractivity contribution in [3.05, 3.63) is 108 Å². The number of fused-ring (bicyclic) bond motifs is 1. The number of pyridine rings is 2. The third-order valence-electron chi connectivity index (χ3n) is 5.51. The molecule has 7 heteroatoms. The second-order valence-electron chi connectivity index (χ2n) is 8.21. The van der Waals surface area contributed by atoms with Gasteiger partial charge in [-0.1, -0.05) is 17.7 Å². The molecule has 5 rings (SSSR count). The lowest BCUT2D eigenvalue weighted by atomic mass is 10.1. The summed E-state index contributed by atoms with van der Waals surface area (Å²) in [5.41, 5.74) is 12.6. The van der Waals surface area contributed by atoms with Crippen LogP contribution in [0.3, 0.4) is 0 Å². The molecular formula is C28H24N6O. The summed E-state index contributed by atoms with van der Waals surface area (Å²) in [7, 11) is 0. The highest BCUT2D eigenvalue weighted by atomic mass is 16.1. The zero-order valence-corrected chi connectivity index (χ0v) is 19.1. The van der Waals surface area contributed by atoms with E-state index in [4.69, 9.17) is 5.73 Å². The Labute approximate surface area is 203 Å². The molecule has 5 N–H and O–H groups in total. The lowest BCUT2D eigenvalue weighted by Crippen LogP contribution is -2.11. The van der Waals surface area contributed by atoms with Crippen LogP contribution in [0.25, 0.3) is 10.9 Å². The van der Waals surface area contributed by atoms with Gasteiger partial charge in [0, 0.05) is 57.8 Å². The molecular weight excluding hydrogens is 436 g/mol. The molecule has 0 radical (unpaired) electrons. The van der Waals surface area contributed by atoms with Crippen LogP contribution >= 0.6 is 0 Å². The molecule has 172 valence electrons. The van der Waals surface area contributed by atoms with E-state index < -0.39 is 0 Å². The van der Waals surface area contributed by atoms with Crippen molar-refractivity contribution in [2.45, 2.75) is 6.92 Å². The molecule has 5 aromatic rings. The monoisotopic (exact) mass is 460 g/mol. The summed E-state index contributed by atoms with van der Waals surface area (Å²) in [6.07, 6.45) is 3.43. The summed E-state index contributed by atoms with van der Waals surface area (Å²) in [4.78, 5) is 21.2. The lowest BCUT2D eigenvalue weighted by Gasteiger charge is -2.12. The molecule has 2 heterocycles. The number of rotatable bonds is 6. The van der Waals surface area contributed by atoms with Crippen LogP contribution in [0.15, 0.2) is 97.3 Å². The third-order valence-corrected chi connectivity index (χ3v) is 5.51. The number of hydrogen-bond donors (Lipinski definition) is 4. The zero-order chi connectivity index (χ0) is 24.2. The molecule has 0 aliphatic carbocycles. The number of hydrogen-bond acceptors (Lipinski definition) is 6. The Morgan fingerprint density at radius 3 is 2.34 bits per heavy atom. The van der Waals surface area contributed by atoms with E-state index in [1.54, 1.807) is 30.6 Å². The third kappa shape index (κ3) is 5.20. The summed E-state index contributed by atoms with van der Waals surface area (Å²) in [5, 5.41) is 10.7. The van der Waals surface area contributed by atoms with Gasteiger partial charge in [0.2, 0.25) is 0 Å². The fourth-order valence-electron chi connectivity index (χ4n) is 3.80. The number of carbonyl (C=O) groups excluding carboxylic acids is 1. The van der Waals surface area contributed by atoms with E-state index in [9.17, 15) is 4.79 Å². The minimum atomic E-state index is -0.188. The number of nitrogens with one attached hydrogen (secondary N) is 3.